The van der Waals surface area contributed by atoms with Gasteiger partial charge in [0.25, 0.3) is 0 Å². The molecule has 0 heterocycles. The van der Waals surface area contributed by atoms with Gasteiger partial charge in [-0.2, -0.15) is 0 Å². The molecule has 7 saturated carbocycles. The molecular weight excluding hydrogens is 1190 g/mol. The van der Waals surface area contributed by atoms with Crippen molar-refractivity contribution in [1.29, 1.82) is 0 Å². The average Bonchev–Trinajstić information content (AvgIpc) is 2.07. The van der Waals surface area contributed by atoms with E-state index in [9.17, 15) is 32.5 Å². The molecule has 0 bridgehead atoms. The number of ether oxygens (including phenoxy) is 2. The normalized spacial score (nSPS) is 27.1. The molecule has 3 N–H and O–H groups in total. The minimum absolute atomic E-state index is 0. The van der Waals surface area contributed by atoms with E-state index in [1.54, 1.807) is 14.2 Å². The summed E-state index contributed by atoms with van der Waals surface area (Å²) >= 11 is 0. The number of aliphatic hydroxyl groups excluding tert-OH is 3. The van der Waals surface area contributed by atoms with Gasteiger partial charge in [0.05, 0.1) is 25.6 Å². The molecular formula is C74H119ClNaO11PS. The van der Waals surface area contributed by atoms with Gasteiger partial charge in [-0.25, -0.2) is 8.42 Å². The molecule has 7 aliphatic carbocycles. The summed E-state index contributed by atoms with van der Waals surface area (Å²) in [5, 5.41) is 31.3. The zero-order valence-electron chi connectivity index (χ0n) is 56.7. The van der Waals surface area contributed by atoms with Crippen LogP contribution in [0.5, 0.6) is 0 Å². The van der Waals surface area contributed by atoms with Crippen molar-refractivity contribution < 1.29 is 94.1 Å². The van der Waals surface area contributed by atoms with Crippen molar-refractivity contribution in [3.8, 4) is 0 Å². The third kappa shape index (κ3) is 35.1. The molecule has 500 valence electrons. The van der Waals surface area contributed by atoms with Crippen LogP contribution in [0.4, 0.5) is 0 Å². The van der Waals surface area contributed by atoms with Crippen molar-refractivity contribution in [2.75, 3.05) is 20.6 Å². The third-order valence-corrected chi connectivity index (χ3v) is 24.3. The van der Waals surface area contributed by atoms with Crippen LogP contribution >= 0.6 is 7.26 Å². The summed E-state index contributed by atoms with van der Waals surface area (Å²) < 4.78 is 42.2. The molecule has 11 nitrogen and oxygen atoms in total. The van der Waals surface area contributed by atoms with Crippen molar-refractivity contribution in [2.24, 2.45) is 59.2 Å². The van der Waals surface area contributed by atoms with Crippen LogP contribution in [-0.4, -0.2) is 84.9 Å². The first-order chi connectivity index (χ1) is 41.6. The summed E-state index contributed by atoms with van der Waals surface area (Å²) in [7, 11) is -2.77. The number of hydrogen-bond acceptors (Lipinski definition) is 11. The molecule has 3 aromatic rings. The molecule has 15 heteroatoms. The van der Waals surface area contributed by atoms with E-state index in [4.69, 9.17) is 19.7 Å². The summed E-state index contributed by atoms with van der Waals surface area (Å²) in [6.07, 6.45) is 35.6. The van der Waals surface area contributed by atoms with Gasteiger partial charge in [0, 0.05) is 31.8 Å². The van der Waals surface area contributed by atoms with Crippen LogP contribution < -0.4 is 57.9 Å². The molecule has 1 unspecified atom stereocenters. The van der Waals surface area contributed by atoms with E-state index in [2.05, 4.69) is 139 Å². The zero-order valence-corrected chi connectivity index (χ0v) is 61.2. The number of benzene rings is 3. The Bertz CT molecular complexity index is 2200. The van der Waals surface area contributed by atoms with E-state index in [-0.39, 0.29) is 60.1 Å². The molecule has 0 saturated heterocycles. The van der Waals surface area contributed by atoms with E-state index < -0.39 is 22.8 Å². The second-order valence-electron chi connectivity index (χ2n) is 27.2. The fourth-order valence-corrected chi connectivity index (χ4v) is 17.1. The Labute approximate surface area is 570 Å². The number of aldehydes is 2. The summed E-state index contributed by atoms with van der Waals surface area (Å²) in [5.74, 6) is 6.64. The van der Waals surface area contributed by atoms with E-state index >= 15 is 0 Å². The maximum Gasteiger partial charge on any atom is 1.00 e. The molecule has 0 radical (unpaired) electrons. The first-order valence-electron chi connectivity index (χ1n) is 33.8. The summed E-state index contributed by atoms with van der Waals surface area (Å²) in [5.41, 5.74) is -0.208. The van der Waals surface area contributed by atoms with Gasteiger partial charge >= 0.3 is 29.6 Å². The predicted octanol–water partition coefficient (Wildman–Crippen LogP) is 9.90. The number of Topliss-reactive ketones (excluding diaryl/α,β-unsaturated/α-hetero) is 1. The molecule has 0 aromatic heterocycles. The fraction of sp³-hybridized carbons (Fsp3) is 0.689. The number of aliphatic hydroxyl groups is 3. The van der Waals surface area contributed by atoms with Crippen molar-refractivity contribution in [3.05, 3.63) is 103 Å². The molecule has 0 spiro atoms. The minimum Gasteiger partial charge on any atom is -1.00 e. The molecule has 10 rings (SSSR count). The number of methoxy groups -OCH3 is 2. The second-order valence-corrected chi connectivity index (χ2v) is 32.1. The van der Waals surface area contributed by atoms with E-state index in [0.29, 0.717) is 42.7 Å². The SMILES string of the molecule is CC1CCC(=O)CC1.CC1CCC(C(O)S(=O)(=O)[O-])CC1.CC1CCC(C=O)CC1.CC1CCC(C=O)CC1.CC1CCC(O)CC1.CC1CCC(O)CC1.COC=C1CCC(C)CC1.COC[P+](c1ccccc1)(c1ccccc1)c1ccccc1.[Cl-].[Na+]. The van der Waals surface area contributed by atoms with E-state index in [1.807, 2.05) is 6.26 Å². The Kier molecular flexibility index (Phi) is 46.0. The molecule has 3 aromatic carbocycles. The largest absolute Gasteiger partial charge is 1.00 e. The van der Waals surface area contributed by atoms with Gasteiger partial charge in [-0.15, -0.1) is 0 Å². The molecule has 7 aliphatic rings. The maximum atomic E-state index is 10.6. The van der Waals surface area contributed by atoms with Gasteiger partial charge in [0.2, 0.25) is 0 Å². The van der Waals surface area contributed by atoms with Gasteiger partial charge in [-0.1, -0.05) is 142 Å². The van der Waals surface area contributed by atoms with Crippen molar-refractivity contribution in [1.82, 2.24) is 0 Å². The third-order valence-electron chi connectivity index (χ3n) is 19.2. The number of carbonyl (C=O) groups excluding carboxylic acids is 3. The van der Waals surface area contributed by atoms with Crippen LogP contribution in [0.15, 0.2) is 103 Å². The van der Waals surface area contributed by atoms with E-state index in [1.165, 1.54) is 98.5 Å². The second kappa shape index (κ2) is 48.4. The number of allylic oxidation sites excluding steroid dienone is 1. The standard InChI is InChI=1S/C20H20OP.C9H16O.C8H16O4S.2C8H14O.2C7H14O.C7H12O.ClH.Na/c1-21-17-22(18-11-5-2-6-12-18,19-13-7-3-8-14-19)20-15-9-4-10-16-20;1-8-3-5-9(6-4-8)7-10-2;1-6-2-4-7(5-3-6)8(9)13(10,11)12;2*1-7-2-4-8(6-9)5-3-7;3*1-6-2-4-7(8)5-3-6;;/h2-16H,17H2,1H3;7-8H,3-6H2,1-2H3;6-9H,2-5H2,1H3,(H,10,11,12);2*6-8H,2-5H2,1H3;2*6-8H,2-5H2,1H3;6H,2-5H2,1H3;1H;/q+1;;;;;;;;;+1/p-2. The Hall–Kier alpha value is -2.32. The monoisotopic (exact) mass is 1300 g/mol. The fourth-order valence-electron chi connectivity index (χ4n) is 12.5. The Morgan fingerprint density at radius 2 is 0.764 bits per heavy atom. The van der Waals surface area contributed by atoms with Gasteiger partial charge in [0.15, 0.2) is 6.35 Å². The van der Waals surface area contributed by atoms with Gasteiger partial charge < -0.3 is 51.3 Å². The van der Waals surface area contributed by atoms with Crippen LogP contribution in [0.1, 0.15) is 228 Å². The maximum absolute atomic E-state index is 10.6. The first-order valence-corrected chi connectivity index (χ1v) is 37.2. The topological polar surface area (TPSA) is 188 Å². The summed E-state index contributed by atoms with van der Waals surface area (Å²) in [6, 6.07) is 32.3. The van der Waals surface area contributed by atoms with Crippen LogP contribution in [0.25, 0.3) is 0 Å². The number of hydrogen-bond donors (Lipinski definition) is 3. The summed E-state index contributed by atoms with van der Waals surface area (Å²) in [4.78, 5) is 31.1. The Morgan fingerprint density at radius 1 is 0.483 bits per heavy atom. The smallest absolute Gasteiger partial charge is 1.00 e. The molecule has 7 fully saturated rings. The molecule has 0 aliphatic heterocycles. The van der Waals surface area contributed by atoms with Crippen LogP contribution in [-0.2, 0) is 34.0 Å². The molecule has 0 amide bonds. The van der Waals surface area contributed by atoms with Crippen molar-refractivity contribution in [3.63, 3.8) is 0 Å². The number of ketones is 1. The molecule has 89 heavy (non-hydrogen) atoms. The van der Waals surface area contributed by atoms with Crippen LogP contribution in [0.3, 0.4) is 0 Å². The minimum atomic E-state index is -4.51. The number of halogens is 1. The summed E-state index contributed by atoms with van der Waals surface area (Å²) in [6.45, 7) is 15.7. The van der Waals surface area contributed by atoms with Crippen molar-refractivity contribution in [2.45, 2.75) is 246 Å². The van der Waals surface area contributed by atoms with Crippen molar-refractivity contribution >= 4 is 51.6 Å². The van der Waals surface area contributed by atoms with Gasteiger partial charge in [0.1, 0.15) is 57.1 Å². The first kappa shape index (κ1) is 84.7. The van der Waals surface area contributed by atoms with Gasteiger partial charge in [-0.05, 0) is 218 Å². The average molecular weight is 1310 g/mol. The van der Waals surface area contributed by atoms with Gasteiger partial charge in [-0.3, -0.25) is 4.79 Å². The van der Waals surface area contributed by atoms with Crippen LogP contribution in [0, 0.1) is 59.2 Å². The number of rotatable bonds is 10. The predicted molar refractivity (Wildman–Crippen MR) is 361 cm³/mol. The van der Waals surface area contributed by atoms with E-state index in [0.717, 1.165) is 138 Å². The van der Waals surface area contributed by atoms with Crippen LogP contribution in [0.2, 0.25) is 0 Å². The zero-order chi connectivity index (χ0) is 64.0. The number of carbonyl (C=O) groups is 3. The Balaban J connectivity index is 0.000000524. The Morgan fingerprint density at radius 3 is 1.02 bits per heavy atom. The molecule has 1 atom stereocenters. The quantitative estimate of drug-likeness (QED) is 0.0577.